The van der Waals surface area contributed by atoms with Crippen LogP contribution in [-0.2, 0) is 11.3 Å². The number of hydrogen-bond acceptors (Lipinski definition) is 3. The van der Waals surface area contributed by atoms with Crippen LogP contribution in [-0.4, -0.2) is 30.2 Å². The third-order valence-electron chi connectivity index (χ3n) is 2.73. The van der Waals surface area contributed by atoms with Crippen LogP contribution in [0.15, 0.2) is 23.3 Å². The molecule has 0 spiro atoms. The Morgan fingerprint density at radius 2 is 2.42 bits per heavy atom. The Hall–Kier alpha value is -0.960. The maximum Gasteiger partial charge on any atom is 0.189 e. The number of rotatable bonds is 4. The fourth-order valence-electron chi connectivity index (χ4n) is 1.75. The molecule has 1 aromatic heterocycles. The maximum atomic E-state index is 12.6. The van der Waals surface area contributed by atoms with Crippen molar-refractivity contribution in [2.45, 2.75) is 25.5 Å². The minimum absolute atomic E-state index is 0. The molecule has 1 atom stereocenters. The van der Waals surface area contributed by atoms with Crippen LogP contribution in [0.2, 0.25) is 0 Å². The van der Waals surface area contributed by atoms with Crippen LogP contribution in [0.3, 0.4) is 0 Å². The van der Waals surface area contributed by atoms with Gasteiger partial charge in [0.25, 0.3) is 0 Å². The number of guanidine groups is 1. The van der Waals surface area contributed by atoms with Gasteiger partial charge in [-0.1, -0.05) is 0 Å². The zero-order valence-corrected chi connectivity index (χ0v) is 12.8. The second-order valence-corrected chi connectivity index (χ2v) is 4.19. The lowest BCUT2D eigenvalue weighted by molar-refractivity contribution is 0.114. The second kappa shape index (κ2) is 8.26. The van der Waals surface area contributed by atoms with Crippen molar-refractivity contribution in [1.82, 2.24) is 10.3 Å². The van der Waals surface area contributed by atoms with Gasteiger partial charge in [0.1, 0.15) is 5.82 Å². The van der Waals surface area contributed by atoms with E-state index >= 15 is 0 Å². The van der Waals surface area contributed by atoms with Crippen LogP contribution >= 0.6 is 24.0 Å². The normalized spacial score (nSPS) is 19.0. The molecule has 0 aliphatic carbocycles. The summed E-state index contributed by atoms with van der Waals surface area (Å²) < 4.78 is 18.1. The smallest absolute Gasteiger partial charge is 0.189 e. The Bertz CT molecular complexity index is 407. The van der Waals surface area contributed by atoms with Crippen molar-refractivity contribution < 1.29 is 9.13 Å². The van der Waals surface area contributed by atoms with Crippen molar-refractivity contribution in [3.05, 3.63) is 29.8 Å². The zero-order valence-electron chi connectivity index (χ0n) is 10.5. The van der Waals surface area contributed by atoms with Crippen molar-refractivity contribution in [2.24, 2.45) is 10.7 Å². The minimum Gasteiger partial charge on any atom is -0.376 e. The summed E-state index contributed by atoms with van der Waals surface area (Å²) >= 11 is 0. The highest BCUT2D eigenvalue weighted by Crippen LogP contribution is 2.10. The van der Waals surface area contributed by atoms with Gasteiger partial charge in [0, 0.05) is 13.2 Å². The second-order valence-electron chi connectivity index (χ2n) is 4.19. The molecule has 0 radical (unpaired) electrons. The molecule has 1 aromatic rings. The van der Waals surface area contributed by atoms with Gasteiger partial charge in [0.15, 0.2) is 5.96 Å². The summed E-state index contributed by atoms with van der Waals surface area (Å²) in [6.07, 6.45) is 3.55. The predicted octanol–water partition coefficient (Wildman–Crippen LogP) is 1.42. The molecular weight excluding hydrogens is 362 g/mol. The molecule has 19 heavy (non-hydrogen) atoms. The molecule has 5 nitrogen and oxygen atoms in total. The van der Waals surface area contributed by atoms with E-state index in [0.29, 0.717) is 24.7 Å². The molecule has 1 saturated heterocycles. The Morgan fingerprint density at radius 1 is 1.58 bits per heavy atom. The average Bonchev–Trinajstić information content (AvgIpc) is 2.89. The molecular formula is C12H18FIN4O. The van der Waals surface area contributed by atoms with Crippen molar-refractivity contribution in [3.8, 4) is 0 Å². The quantitative estimate of drug-likeness (QED) is 0.471. The van der Waals surface area contributed by atoms with Crippen LogP contribution in [0.25, 0.3) is 0 Å². The summed E-state index contributed by atoms with van der Waals surface area (Å²) in [7, 11) is 0. The number of aromatic nitrogens is 1. The van der Waals surface area contributed by atoms with E-state index in [-0.39, 0.29) is 35.9 Å². The highest BCUT2D eigenvalue weighted by molar-refractivity contribution is 14.0. The third-order valence-corrected chi connectivity index (χ3v) is 2.73. The summed E-state index contributed by atoms with van der Waals surface area (Å²) in [4.78, 5) is 8.03. The number of halogens is 2. The van der Waals surface area contributed by atoms with E-state index in [9.17, 15) is 4.39 Å². The number of nitrogens with two attached hydrogens (primary N) is 1. The van der Waals surface area contributed by atoms with Gasteiger partial charge in [-0.3, -0.25) is 4.98 Å². The van der Waals surface area contributed by atoms with E-state index in [2.05, 4.69) is 15.3 Å². The molecule has 1 unspecified atom stereocenters. The summed E-state index contributed by atoms with van der Waals surface area (Å²) in [6.45, 7) is 1.83. The van der Waals surface area contributed by atoms with Gasteiger partial charge in [0.05, 0.1) is 24.5 Å². The molecule has 3 N–H and O–H groups in total. The van der Waals surface area contributed by atoms with Crippen LogP contribution in [0.4, 0.5) is 4.39 Å². The van der Waals surface area contributed by atoms with Gasteiger partial charge >= 0.3 is 0 Å². The molecule has 1 aliphatic heterocycles. The topological polar surface area (TPSA) is 72.5 Å². The monoisotopic (exact) mass is 380 g/mol. The molecule has 2 rings (SSSR count). The van der Waals surface area contributed by atoms with Crippen molar-refractivity contribution in [1.29, 1.82) is 0 Å². The van der Waals surface area contributed by atoms with Crippen LogP contribution < -0.4 is 11.1 Å². The van der Waals surface area contributed by atoms with E-state index in [1.165, 1.54) is 12.3 Å². The summed E-state index contributed by atoms with van der Waals surface area (Å²) in [5.41, 5.74) is 6.39. The fourth-order valence-corrected chi connectivity index (χ4v) is 1.75. The molecule has 106 valence electrons. The van der Waals surface area contributed by atoms with Crippen molar-refractivity contribution in [2.75, 3.05) is 13.2 Å². The number of nitrogens with zero attached hydrogens (tertiary/aromatic N) is 2. The lowest BCUT2D eigenvalue weighted by Gasteiger charge is -2.10. The standard InChI is InChI=1S/C12H17FN4O.HI/c13-9-3-4-10(15-6-9)7-16-12(14)17-8-11-2-1-5-18-11;/h3-4,6,11H,1-2,5,7-8H2,(H3,14,16,17);1H. The minimum atomic E-state index is -0.354. The lowest BCUT2D eigenvalue weighted by atomic mass is 10.2. The number of hydrogen-bond donors (Lipinski definition) is 2. The fraction of sp³-hybridized carbons (Fsp3) is 0.500. The van der Waals surface area contributed by atoms with Crippen LogP contribution in [0, 0.1) is 5.82 Å². The molecule has 2 heterocycles. The summed E-state index contributed by atoms with van der Waals surface area (Å²) in [6, 6.07) is 2.94. The Balaban J connectivity index is 0.00000180. The summed E-state index contributed by atoms with van der Waals surface area (Å²) in [5, 5.41) is 3.01. The van der Waals surface area contributed by atoms with Crippen molar-refractivity contribution in [3.63, 3.8) is 0 Å². The van der Waals surface area contributed by atoms with E-state index in [4.69, 9.17) is 10.5 Å². The molecule has 7 heteroatoms. The number of ether oxygens (including phenoxy) is 1. The van der Waals surface area contributed by atoms with Crippen molar-refractivity contribution >= 4 is 29.9 Å². The van der Waals surface area contributed by atoms with Gasteiger partial charge in [-0.15, -0.1) is 24.0 Å². The first-order valence-corrected chi connectivity index (χ1v) is 6.00. The molecule has 0 aromatic carbocycles. The molecule has 0 bridgehead atoms. The van der Waals surface area contributed by atoms with E-state index in [1.807, 2.05) is 0 Å². The average molecular weight is 380 g/mol. The molecule has 0 amide bonds. The largest absolute Gasteiger partial charge is 0.376 e. The molecule has 0 saturated carbocycles. The first kappa shape index (κ1) is 16.1. The zero-order chi connectivity index (χ0) is 12.8. The molecule has 1 aliphatic rings. The van der Waals surface area contributed by atoms with Gasteiger partial charge in [-0.2, -0.15) is 0 Å². The van der Waals surface area contributed by atoms with Gasteiger partial charge in [-0.25, -0.2) is 9.38 Å². The number of nitrogens with one attached hydrogen (secondary N) is 1. The Morgan fingerprint density at radius 3 is 3.05 bits per heavy atom. The maximum absolute atomic E-state index is 12.6. The highest BCUT2D eigenvalue weighted by Gasteiger charge is 2.14. The third kappa shape index (κ3) is 5.68. The summed E-state index contributed by atoms with van der Waals surface area (Å²) in [5.74, 6) is 0.00355. The van der Waals surface area contributed by atoms with Gasteiger partial charge in [0.2, 0.25) is 0 Å². The lowest BCUT2D eigenvalue weighted by Crippen LogP contribution is -2.37. The van der Waals surface area contributed by atoms with Crippen LogP contribution in [0.5, 0.6) is 0 Å². The van der Waals surface area contributed by atoms with Gasteiger partial charge in [-0.05, 0) is 25.0 Å². The highest BCUT2D eigenvalue weighted by atomic mass is 127. The Labute approximate surface area is 128 Å². The SMILES string of the molecule is I.NC(=NCc1ccc(F)cn1)NCC1CCCO1. The van der Waals surface area contributed by atoms with E-state index < -0.39 is 0 Å². The first-order valence-electron chi connectivity index (χ1n) is 6.00. The number of aliphatic imine (C=N–C) groups is 1. The Kier molecular flexibility index (Phi) is 7.00. The predicted molar refractivity (Wildman–Crippen MR) is 81.9 cm³/mol. The van der Waals surface area contributed by atoms with E-state index in [1.54, 1.807) is 6.07 Å². The number of pyridine rings is 1. The van der Waals surface area contributed by atoms with Gasteiger partial charge < -0.3 is 15.8 Å². The first-order chi connectivity index (χ1) is 8.74. The van der Waals surface area contributed by atoms with Crippen LogP contribution in [0.1, 0.15) is 18.5 Å². The molecule has 1 fully saturated rings. The van der Waals surface area contributed by atoms with E-state index in [0.717, 1.165) is 19.4 Å².